The van der Waals surface area contributed by atoms with Gasteiger partial charge in [0.2, 0.25) is 5.91 Å². The van der Waals surface area contributed by atoms with Gasteiger partial charge >= 0.3 is 0 Å². The van der Waals surface area contributed by atoms with Crippen LogP contribution in [0.15, 0.2) is 18.2 Å². The van der Waals surface area contributed by atoms with Gasteiger partial charge in [0.1, 0.15) is 5.75 Å². The van der Waals surface area contributed by atoms with E-state index in [9.17, 15) is 4.79 Å². The summed E-state index contributed by atoms with van der Waals surface area (Å²) in [7, 11) is 5.17. The fraction of sp³-hybridized carbons (Fsp3) is 0.533. The topological polar surface area (TPSA) is 58.8 Å². The molecule has 0 radical (unpaired) electrons. The number of methoxy groups -OCH3 is 1. The summed E-state index contributed by atoms with van der Waals surface area (Å²) < 4.78 is 5.22. The largest absolute Gasteiger partial charge is 0.497 e. The van der Waals surface area contributed by atoms with Gasteiger partial charge in [0, 0.05) is 32.4 Å². The Morgan fingerprint density at radius 3 is 2.55 bits per heavy atom. The molecule has 0 spiro atoms. The molecule has 0 unspecified atom stereocenters. The first-order chi connectivity index (χ1) is 9.46. The van der Waals surface area contributed by atoms with Crippen molar-refractivity contribution in [1.29, 1.82) is 0 Å². The molecule has 5 heteroatoms. The van der Waals surface area contributed by atoms with Gasteiger partial charge in [-0.25, -0.2) is 0 Å². The molecule has 0 aliphatic carbocycles. The lowest BCUT2D eigenvalue weighted by molar-refractivity contribution is -0.130. The minimum absolute atomic E-state index is 0.106. The molecule has 0 atom stereocenters. The maximum absolute atomic E-state index is 11.8. The molecule has 0 saturated carbocycles. The molecule has 1 amide bonds. The lowest BCUT2D eigenvalue weighted by Gasteiger charge is -2.23. The number of nitrogen functional groups attached to an aromatic ring is 1. The molecular weight excluding hydrogens is 254 g/mol. The number of hydrogen-bond donors (Lipinski definition) is 1. The SMILES string of the molecule is CCCN(CC(=O)N(C)C)Cc1cc(N)cc(OC)c1. The van der Waals surface area contributed by atoms with Crippen LogP contribution in [-0.2, 0) is 11.3 Å². The highest BCUT2D eigenvalue weighted by Gasteiger charge is 2.12. The summed E-state index contributed by atoms with van der Waals surface area (Å²) in [5, 5.41) is 0. The van der Waals surface area contributed by atoms with E-state index >= 15 is 0 Å². The third kappa shape index (κ3) is 5.09. The van der Waals surface area contributed by atoms with Crippen LogP contribution in [0, 0.1) is 0 Å². The Hall–Kier alpha value is -1.75. The normalized spacial score (nSPS) is 10.7. The summed E-state index contributed by atoms with van der Waals surface area (Å²) in [6.07, 6.45) is 1.00. The maximum Gasteiger partial charge on any atom is 0.236 e. The zero-order valence-corrected chi connectivity index (χ0v) is 12.8. The standard InChI is InChI=1S/C15H25N3O2/c1-5-6-18(11-15(19)17(2)3)10-12-7-13(16)9-14(8-12)20-4/h7-9H,5-6,10-11,16H2,1-4H3. The second-order valence-corrected chi connectivity index (χ2v) is 5.11. The molecule has 1 rings (SSSR count). The van der Waals surface area contributed by atoms with Crippen LogP contribution in [0.3, 0.4) is 0 Å². The average molecular weight is 279 g/mol. The van der Waals surface area contributed by atoms with Crippen LogP contribution in [0.5, 0.6) is 5.75 Å². The molecule has 0 aromatic heterocycles. The van der Waals surface area contributed by atoms with Crippen molar-refractivity contribution < 1.29 is 9.53 Å². The van der Waals surface area contributed by atoms with Gasteiger partial charge in [-0.15, -0.1) is 0 Å². The summed E-state index contributed by atoms with van der Waals surface area (Å²) in [5.74, 6) is 0.852. The van der Waals surface area contributed by atoms with E-state index in [-0.39, 0.29) is 5.91 Å². The van der Waals surface area contributed by atoms with E-state index in [4.69, 9.17) is 10.5 Å². The molecule has 0 aliphatic heterocycles. The molecule has 1 aromatic rings. The maximum atomic E-state index is 11.8. The number of likely N-dealkylation sites (N-methyl/N-ethyl adjacent to an activating group) is 1. The van der Waals surface area contributed by atoms with Crippen molar-refractivity contribution in [1.82, 2.24) is 9.80 Å². The number of rotatable bonds is 7. The summed E-state index contributed by atoms with van der Waals surface area (Å²) in [5.41, 5.74) is 7.59. The fourth-order valence-corrected chi connectivity index (χ4v) is 2.02. The summed E-state index contributed by atoms with van der Waals surface area (Å²) in [4.78, 5) is 15.6. The van der Waals surface area contributed by atoms with Crippen LogP contribution >= 0.6 is 0 Å². The highest BCUT2D eigenvalue weighted by molar-refractivity contribution is 5.77. The Labute approximate surface area is 121 Å². The zero-order valence-electron chi connectivity index (χ0n) is 12.8. The third-order valence-electron chi connectivity index (χ3n) is 3.03. The van der Waals surface area contributed by atoms with Crippen LogP contribution in [-0.4, -0.2) is 50.0 Å². The van der Waals surface area contributed by atoms with Crippen molar-refractivity contribution in [3.8, 4) is 5.75 Å². The molecule has 0 bridgehead atoms. The van der Waals surface area contributed by atoms with E-state index in [1.807, 2.05) is 12.1 Å². The first-order valence-corrected chi connectivity index (χ1v) is 6.82. The second kappa shape index (κ2) is 7.75. The number of hydrogen-bond acceptors (Lipinski definition) is 4. The molecule has 0 saturated heterocycles. The van der Waals surface area contributed by atoms with E-state index in [1.165, 1.54) is 0 Å². The highest BCUT2D eigenvalue weighted by Crippen LogP contribution is 2.19. The lowest BCUT2D eigenvalue weighted by Crippen LogP contribution is -2.36. The van der Waals surface area contributed by atoms with Crippen LogP contribution in [0.4, 0.5) is 5.69 Å². The van der Waals surface area contributed by atoms with Crippen LogP contribution in [0.2, 0.25) is 0 Å². The van der Waals surface area contributed by atoms with E-state index in [0.717, 1.165) is 24.3 Å². The van der Waals surface area contributed by atoms with E-state index in [0.29, 0.717) is 18.8 Å². The van der Waals surface area contributed by atoms with Gasteiger partial charge < -0.3 is 15.4 Å². The second-order valence-electron chi connectivity index (χ2n) is 5.11. The number of ether oxygens (including phenoxy) is 1. The smallest absolute Gasteiger partial charge is 0.236 e. The fourth-order valence-electron chi connectivity index (χ4n) is 2.02. The molecule has 5 nitrogen and oxygen atoms in total. The van der Waals surface area contributed by atoms with Crippen molar-refractivity contribution >= 4 is 11.6 Å². The van der Waals surface area contributed by atoms with Gasteiger partial charge in [-0.3, -0.25) is 9.69 Å². The summed E-state index contributed by atoms with van der Waals surface area (Å²) >= 11 is 0. The number of carbonyl (C=O) groups is 1. The molecule has 0 heterocycles. The average Bonchev–Trinajstić information content (AvgIpc) is 2.37. The first-order valence-electron chi connectivity index (χ1n) is 6.82. The quantitative estimate of drug-likeness (QED) is 0.770. The van der Waals surface area contributed by atoms with Gasteiger partial charge in [0.05, 0.1) is 13.7 Å². The molecule has 1 aromatic carbocycles. The van der Waals surface area contributed by atoms with Crippen molar-refractivity contribution in [3.63, 3.8) is 0 Å². The van der Waals surface area contributed by atoms with Gasteiger partial charge in [-0.1, -0.05) is 6.92 Å². The third-order valence-corrected chi connectivity index (χ3v) is 3.03. The molecule has 2 N–H and O–H groups in total. The number of amides is 1. The first kappa shape index (κ1) is 16.3. The highest BCUT2D eigenvalue weighted by atomic mass is 16.5. The predicted molar refractivity (Wildman–Crippen MR) is 81.7 cm³/mol. The van der Waals surface area contributed by atoms with Crippen LogP contribution in [0.1, 0.15) is 18.9 Å². The van der Waals surface area contributed by atoms with Crippen molar-refractivity contribution in [2.75, 3.05) is 40.0 Å². The van der Waals surface area contributed by atoms with Gasteiger partial charge in [0.25, 0.3) is 0 Å². The molecular formula is C15H25N3O2. The van der Waals surface area contributed by atoms with E-state index in [2.05, 4.69) is 11.8 Å². The van der Waals surface area contributed by atoms with Crippen molar-refractivity contribution in [2.24, 2.45) is 0 Å². The predicted octanol–water partition coefficient (Wildman–Crippen LogP) is 1.58. The van der Waals surface area contributed by atoms with Gasteiger partial charge in [-0.2, -0.15) is 0 Å². The number of anilines is 1. The van der Waals surface area contributed by atoms with Crippen LogP contribution < -0.4 is 10.5 Å². The summed E-state index contributed by atoms with van der Waals surface area (Å²) in [6.45, 7) is 4.08. The van der Waals surface area contributed by atoms with Crippen molar-refractivity contribution in [2.45, 2.75) is 19.9 Å². The summed E-state index contributed by atoms with van der Waals surface area (Å²) in [6, 6.07) is 5.67. The van der Waals surface area contributed by atoms with Gasteiger partial charge in [0.15, 0.2) is 0 Å². The zero-order chi connectivity index (χ0) is 15.1. The minimum Gasteiger partial charge on any atom is -0.497 e. The monoisotopic (exact) mass is 279 g/mol. The number of benzene rings is 1. The Morgan fingerprint density at radius 2 is 2.00 bits per heavy atom. The number of nitrogens with two attached hydrogens (primary N) is 1. The van der Waals surface area contributed by atoms with Gasteiger partial charge in [-0.05, 0) is 30.7 Å². The van der Waals surface area contributed by atoms with E-state index in [1.54, 1.807) is 32.2 Å². The van der Waals surface area contributed by atoms with Crippen LogP contribution in [0.25, 0.3) is 0 Å². The Morgan fingerprint density at radius 1 is 1.30 bits per heavy atom. The van der Waals surface area contributed by atoms with E-state index < -0.39 is 0 Å². The molecule has 0 aliphatic rings. The number of carbonyl (C=O) groups excluding carboxylic acids is 1. The molecule has 0 fully saturated rings. The minimum atomic E-state index is 0.106. The molecule has 112 valence electrons. The number of nitrogens with zero attached hydrogens (tertiary/aromatic N) is 2. The Balaban J connectivity index is 2.79. The van der Waals surface area contributed by atoms with Crippen molar-refractivity contribution in [3.05, 3.63) is 23.8 Å². The molecule has 20 heavy (non-hydrogen) atoms. The Kier molecular flexibility index (Phi) is 6.31. The lowest BCUT2D eigenvalue weighted by atomic mass is 10.1. The Bertz CT molecular complexity index is 447.